The van der Waals surface area contributed by atoms with Crippen LogP contribution in [0.1, 0.15) is 42.9 Å². The average molecular weight is 474 g/mol. The van der Waals surface area contributed by atoms with Crippen molar-refractivity contribution in [3.05, 3.63) is 83.2 Å². The molecule has 1 aliphatic rings. The number of anilines is 3. The fourth-order valence-electron chi connectivity index (χ4n) is 4.00. The quantitative estimate of drug-likeness (QED) is 0.364. The SMILES string of the molecule is CC[C@@H](Nc1nc(Nc2ccc(C)cc2)c(C#N)cc1F)C1(NC(=O)OCc2ccccc2)CC1. The Balaban J connectivity index is 1.46. The standard InChI is InChI=1S/C27H28FN5O2/c1-3-23(27(13-14-27)33-26(34)35-17-19-7-5-4-6-8-19)31-25-22(28)15-20(16-29)24(32-25)30-21-11-9-18(2)10-12-21/h4-12,15,23H,3,13-14,17H2,1-2H3,(H,33,34)(H2,30,31,32)/t23-/m1/s1. The highest BCUT2D eigenvalue weighted by Crippen LogP contribution is 2.41. The molecule has 2 aromatic carbocycles. The second kappa shape index (κ2) is 10.4. The summed E-state index contributed by atoms with van der Waals surface area (Å²) in [5, 5.41) is 18.7. The van der Waals surface area contributed by atoms with Gasteiger partial charge in [0.15, 0.2) is 17.5 Å². The first-order chi connectivity index (χ1) is 16.9. The van der Waals surface area contributed by atoms with Crippen LogP contribution in [0.3, 0.4) is 0 Å². The highest BCUT2D eigenvalue weighted by molar-refractivity contribution is 5.70. The van der Waals surface area contributed by atoms with Crippen LogP contribution in [0.5, 0.6) is 0 Å². The van der Waals surface area contributed by atoms with E-state index >= 15 is 0 Å². The van der Waals surface area contributed by atoms with Gasteiger partial charge in [0.2, 0.25) is 0 Å². The Bertz CT molecular complexity index is 1220. The van der Waals surface area contributed by atoms with E-state index in [-0.39, 0.29) is 29.8 Å². The molecule has 3 aromatic rings. The molecule has 0 radical (unpaired) electrons. The number of rotatable bonds is 9. The third-order valence-electron chi connectivity index (χ3n) is 6.15. The van der Waals surface area contributed by atoms with Crippen LogP contribution < -0.4 is 16.0 Å². The average Bonchev–Trinajstić information content (AvgIpc) is 3.64. The van der Waals surface area contributed by atoms with E-state index < -0.39 is 17.4 Å². The molecule has 7 nitrogen and oxygen atoms in total. The molecule has 0 aliphatic heterocycles. The maximum absolute atomic E-state index is 14.9. The van der Waals surface area contributed by atoms with Crippen molar-refractivity contribution in [2.24, 2.45) is 0 Å². The molecule has 0 bridgehead atoms. The van der Waals surface area contributed by atoms with E-state index in [9.17, 15) is 14.4 Å². The van der Waals surface area contributed by atoms with E-state index in [1.165, 1.54) is 6.07 Å². The lowest BCUT2D eigenvalue weighted by Crippen LogP contribution is -2.49. The Labute approximate surface area is 204 Å². The van der Waals surface area contributed by atoms with Gasteiger partial charge in [0.1, 0.15) is 12.7 Å². The van der Waals surface area contributed by atoms with Crippen molar-refractivity contribution in [3.8, 4) is 6.07 Å². The number of nitrogens with zero attached hydrogens (tertiary/aromatic N) is 2. The second-order valence-corrected chi connectivity index (χ2v) is 8.77. The van der Waals surface area contributed by atoms with Gasteiger partial charge in [0.25, 0.3) is 0 Å². The second-order valence-electron chi connectivity index (χ2n) is 8.77. The van der Waals surface area contributed by atoms with Crippen molar-refractivity contribution in [2.75, 3.05) is 10.6 Å². The number of halogens is 1. The van der Waals surface area contributed by atoms with Crippen molar-refractivity contribution in [1.82, 2.24) is 10.3 Å². The lowest BCUT2D eigenvalue weighted by atomic mass is 10.0. The predicted molar refractivity (Wildman–Crippen MR) is 133 cm³/mol. The maximum atomic E-state index is 14.9. The van der Waals surface area contributed by atoms with Gasteiger partial charge < -0.3 is 20.7 Å². The maximum Gasteiger partial charge on any atom is 0.407 e. The summed E-state index contributed by atoms with van der Waals surface area (Å²) in [6.07, 6.45) is 1.60. The molecular weight excluding hydrogens is 445 g/mol. The Morgan fingerprint density at radius 3 is 2.51 bits per heavy atom. The van der Waals surface area contributed by atoms with E-state index in [4.69, 9.17) is 4.74 Å². The molecule has 0 unspecified atom stereocenters. The minimum atomic E-state index is -0.628. The number of carbonyl (C=O) groups excluding carboxylic acids is 1. The van der Waals surface area contributed by atoms with E-state index in [0.29, 0.717) is 6.42 Å². The van der Waals surface area contributed by atoms with Crippen molar-refractivity contribution < 1.29 is 13.9 Å². The summed E-state index contributed by atoms with van der Waals surface area (Å²) in [6.45, 7) is 4.11. The third-order valence-corrected chi connectivity index (χ3v) is 6.15. The first kappa shape index (κ1) is 24.0. The van der Waals surface area contributed by atoms with Crippen LogP contribution in [-0.4, -0.2) is 22.7 Å². The molecule has 1 heterocycles. The Morgan fingerprint density at radius 2 is 1.89 bits per heavy atom. The van der Waals surface area contributed by atoms with Gasteiger partial charge in [-0.2, -0.15) is 5.26 Å². The number of aryl methyl sites for hydroxylation is 1. The number of ether oxygens (including phenoxy) is 1. The van der Waals surface area contributed by atoms with Crippen LogP contribution in [0.4, 0.5) is 26.5 Å². The van der Waals surface area contributed by atoms with Crippen molar-refractivity contribution >= 4 is 23.4 Å². The Kier molecular flexibility index (Phi) is 7.16. The summed E-state index contributed by atoms with van der Waals surface area (Å²) >= 11 is 0. The number of hydrogen-bond acceptors (Lipinski definition) is 6. The number of aromatic nitrogens is 1. The van der Waals surface area contributed by atoms with Crippen LogP contribution in [0.25, 0.3) is 0 Å². The highest BCUT2D eigenvalue weighted by Gasteiger charge is 2.50. The minimum Gasteiger partial charge on any atom is -0.445 e. The van der Waals surface area contributed by atoms with E-state index in [0.717, 1.165) is 29.7 Å². The van der Waals surface area contributed by atoms with E-state index in [1.54, 1.807) is 0 Å². The van der Waals surface area contributed by atoms with Gasteiger partial charge in [-0.1, -0.05) is 55.0 Å². The van der Waals surface area contributed by atoms with Gasteiger partial charge >= 0.3 is 6.09 Å². The summed E-state index contributed by atoms with van der Waals surface area (Å²) in [7, 11) is 0. The van der Waals surface area contributed by atoms with Crippen LogP contribution in [-0.2, 0) is 11.3 Å². The lowest BCUT2D eigenvalue weighted by molar-refractivity contribution is 0.132. The first-order valence-corrected chi connectivity index (χ1v) is 11.6. The summed E-state index contributed by atoms with van der Waals surface area (Å²) in [5.74, 6) is -0.344. The van der Waals surface area contributed by atoms with Crippen molar-refractivity contribution in [1.29, 1.82) is 5.26 Å². The van der Waals surface area contributed by atoms with Crippen LogP contribution in [0.2, 0.25) is 0 Å². The minimum absolute atomic E-state index is 0.0242. The number of carbonyl (C=O) groups is 1. The van der Waals surface area contributed by atoms with Gasteiger partial charge in [-0.25, -0.2) is 14.2 Å². The fourth-order valence-corrected chi connectivity index (χ4v) is 4.00. The van der Waals surface area contributed by atoms with E-state index in [1.807, 2.05) is 74.5 Å². The number of nitriles is 1. The Morgan fingerprint density at radius 1 is 1.17 bits per heavy atom. The third kappa shape index (κ3) is 5.87. The molecule has 0 spiro atoms. The smallest absolute Gasteiger partial charge is 0.407 e. The zero-order valence-corrected chi connectivity index (χ0v) is 19.8. The van der Waals surface area contributed by atoms with Crippen molar-refractivity contribution in [3.63, 3.8) is 0 Å². The first-order valence-electron chi connectivity index (χ1n) is 11.6. The molecule has 4 rings (SSSR count). The van der Waals surface area contributed by atoms with Gasteiger partial charge in [0.05, 0.1) is 17.1 Å². The number of hydrogen-bond donors (Lipinski definition) is 3. The summed E-state index contributed by atoms with van der Waals surface area (Å²) in [6, 6.07) is 19.9. The largest absolute Gasteiger partial charge is 0.445 e. The number of alkyl carbamates (subject to hydrolysis) is 1. The molecule has 1 amide bonds. The van der Waals surface area contributed by atoms with Gasteiger partial charge in [-0.15, -0.1) is 0 Å². The fraction of sp³-hybridized carbons (Fsp3) is 0.296. The number of amides is 1. The topological polar surface area (TPSA) is 99.1 Å². The summed E-state index contributed by atoms with van der Waals surface area (Å²) in [5.41, 5.74) is 2.29. The van der Waals surface area contributed by atoms with Gasteiger partial charge in [-0.3, -0.25) is 0 Å². The Hall–Kier alpha value is -4.12. The molecule has 1 aliphatic carbocycles. The molecule has 1 saturated carbocycles. The number of benzene rings is 2. The summed E-state index contributed by atoms with van der Waals surface area (Å²) < 4.78 is 20.3. The molecule has 180 valence electrons. The molecule has 1 atom stereocenters. The normalized spacial score (nSPS) is 14.3. The zero-order valence-electron chi connectivity index (χ0n) is 19.8. The molecule has 8 heteroatoms. The molecule has 0 saturated heterocycles. The monoisotopic (exact) mass is 473 g/mol. The highest BCUT2D eigenvalue weighted by atomic mass is 19.1. The molecule has 35 heavy (non-hydrogen) atoms. The zero-order chi connectivity index (χ0) is 24.8. The van der Waals surface area contributed by atoms with Crippen LogP contribution >= 0.6 is 0 Å². The molecule has 1 aromatic heterocycles. The summed E-state index contributed by atoms with van der Waals surface area (Å²) in [4.78, 5) is 16.9. The van der Waals surface area contributed by atoms with Gasteiger partial charge in [0, 0.05) is 5.69 Å². The number of pyridine rings is 1. The predicted octanol–water partition coefficient (Wildman–Crippen LogP) is 5.79. The van der Waals surface area contributed by atoms with Gasteiger partial charge in [-0.05, 0) is 49.9 Å². The van der Waals surface area contributed by atoms with E-state index in [2.05, 4.69) is 20.9 Å². The lowest BCUT2D eigenvalue weighted by Gasteiger charge is -2.28. The number of nitrogens with one attached hydrogen (secondary N) is 3. The van der Waals surface area contributed by atoms with Crippen LogP contribution in [0, 0.1) is 24.1 Å². The molecular formula is C27H28FN5O2. The van der Waals surface area contributed by atoms with Crippen molar-refractivity contribution in [2.45, 2.75) is 51.3 Å². The van der Waals surface area contributed by atoms with Crippen LogP contribution in [0.15, 0.2) is 60.7 Å². The molecule has 1 fully saturated rings. The molecule has 3 N–H and O–H groups in total.